The fourth-order valence-electron chi connectivity index (χ4n) is 3.77. The zero-order valence-corrected chi connectivity index (χ0v) is 17.1. The highest BCUT2D eigenvalue weighted by molar-refractivity contribution is 5.93. The van der Waals surface area contributed by atoms with Gasteiger partial charge in [-0.3, -0.25) is 9.78 Å². The molecule has 2 aliphatic heterocycles. The van der Waals surface area contributed by atoms with Gasteiger partial charge in [-0.15, -0.1) is 0 Å². The molecular formula is C20H22F3N5O4. The zero-order chi connectivity index (χ0) is 23.3. The minimum atomic E-state index is -5.08. The van der Waals surface area contributed by atoms with Crippen LogP contribution in [0, 0.1) is 24.7 Å². The summed E-state index contributed by atoms with van der Waals surface area (Å²) in [5.41, 5.74) is 1.58. The average molecular weight is 453 g/mol. The minimum Gasteiger partial charge on any atom is -0.475 e. The molecule has 2 N–H and O–H groups in total. The number of ether oxygens (including phenoxy) is 1. The van der Waals surface area contributed by atoms with E-state index in [1.54, 1.807) is 18.7 Å². The first-order chi connectivity index (χ1) is 15.2. The van der Waals surface area contributed by atoms with Crippen LogP contribution in [-0.4, -0.2) is 64.4 Å². The summed E-state index contributed by atoms with van der Waals surface area (Å²) in [4.78, 5) is 36.5. The lowest BCUT2D eigenvalue weighted by atomic mass is 9.82. The highest BCUT2D eigenvalue weighted by Gasteiger charge is 2.44. The van der Waals surface area contributed by atoms with Gasteiger partial charge in [-0.25, -0.2) is 14.8 Å². The molecule has 2 fully saturated rings. The van der Waals surface area contributed by atoms with Gasteiger partial charge in [0.1, 0.15) is 12.1 Å². The fourth-order valence-corrected chi connectivity index (χ4v) is 3.77. The number of carbonyl (C=O) groups is 2. The van der Waals surface area contributed by atoms with Crippen LogP contribution in [0.15, 0.2) is 36.9 Å². The Morgan fingerprint density at radius 2 is 1.94 bits per heavy atom. The van der Waals surface area contributed by atoms with E-state index in [9.17, 15) is 18.0 Å². The van der Waals surface area contributed by atoms with Crippen molar-refractivity contribution in [2.45, 2.75) is 13.1 Å². The summed E-state index contributed by atoms with van der Waals surface area (Å²) < 4.78 is 37.5. The molecule has 32 heavy (non-hydrogen) atoms. The number of anilines is 2. The van der Waals surface area contributed by atoms with Crippen LogP contribution in [0.25, 0.3) is 0 Å². The predicted molar refractivity (Wildman–Crippen MR) is 107 cm³/mol. The number of halogens is 3. The number of hydrogen-bond donors (Lipinski definition) is 2. The second kappa shape index (κ2) is 9.90. The van der Waals surface area contributed by atoms with E-state index >= 15 is 0 Å². The van der Waals surface area contributed by atoms with E-state index in [0.29, 0.717) is 19.1 Å². The monoisotopic (exact) mass is 453 g/mol. The number of amides is 1. The highest BCUT2D eigenvalue weighted by atomic mass is 19.4. The number of fused-ring (bicyclic) bond motifs is 1. The molecule has 2 aliphatic rings. The molecule has 4 rings (SSSR count). The Hall–Kier alpha value is -3.28. The van der Waals surface area contributed by atoms with Crippen LogP contribution in [0.1, 0.15) is 5.69 Å². The van der Waals surface area contributed by atoms with Gasteiger partial charge in [-0.2, -0.15) is 13.2 Å². The number of aromatic nitrogens is 3. The van der Waals surface area contributed by atoms with Crippen molar-refractivity contribution in [1.29, 1.82) is 0 Å². The van der Waals surface area contributed by atoms with Gasteiger partial charge >= 0.3 is 12.1 Å². The molecule has 2 saturated heterocycles. The predicted octanol–water partition coefficient (Wildman–Crippen LogP) is 2.15. The van der Waals surface area contributed by atoms with Gasteiger partial charge in [0.05, 0.1) is 30.5 Å². The van der Waals surface area contributed by atoms with Crippen molar-refractivity contribution >= 4 is 23.4 Å². The topological polar surface area (TPSA) is 118 Å². The minimum absolute atomic E-state index is 0.00957. The quantitative estimate of drug-likeness (QED) is 0.726. The summed E-state index contributed by atoms with van der Waals surface area (Å²) in [6.45, 7) is 4.72. The van der Waals surface area contributed by atoms with Crippen LogP contribution in [-0.2, 0) is 14.3 Å². The number of nitrogens with one attached hydrogen (secondary N) is 1. The van der Waals surface area contributed by atoms with Gasteiger partial charge in [0, 0.05) is 31.4 Å². The van der Waals surface area contributed by atoms with Crippen molar-refractivity contribution in [3.63, 3.8) is 0 Å². The summed E-state index contributed by atoms with van der Waals surface area (Å²) in [7, 11) is 0. The van der Waals surface area contributed by atoms with Crippen LogP contribution in [0.2, 0.25) is 0 Å². The maximum atomic E-state index is 12.8. The van der Waals surface area contributed by atoms with Gasteiger partial charge in [-0.1, -0.05) is 0 Å². The highest BCUT2D eigenvalue weighted by Crippen LogP contribution is 2.36. The van der Waals surface area contributed by atoms with Gasteiger partial charge < -0.3 is 20.1 Å². The van der Waals surface area contributed by atoms with E-state index in [4.69, 9.17) is 14.6 Å². The lowest BCUT2D eigenvalue weighted by Crippen LogP contribution is -2.42. The molecule has 2 aromatic heterocycles. The van der Waals surface area contributed by atoms with Crippen molar-refractivity contribution < 1.29 is 32.6 Å². The standard InChI is InChI=1S/C18H21N5O2.C2HF3O2/c1-12-16(3-2-5-20-12)22-18(24)15-10-25-9-13-7-23(8-14(13)15)17-4-6-19-11-21-17;3-2(4,5)1(6)7/h2-6,11,13-15H,7-10H2,1H3,(H,22,24);(H,6,7)/t13-,14-,15+;/m1./s1. The van der Waals surface area contributed by atoms with Crippen molar-refractivity contribution in [2.24, 2.45) is 17.8 Å². The molecule has 0 unspecified atom stereocenters. The normalized spacial score (nSPS) is 22.4. The van der Waals surface area contributed by atoms with E-state index in [1.165, 1.54) is 0 Å². The molecule has 0 radical (unpaired) electrons. The summed E-state index contributed by atoms with van der Waals surface area (Å²) in [6, 6.07) is 5.62. The molecule has 0 spiro atoms. The van der Waals surface area contributed by atoms with Gasteiger partial charge in [0.2, 0.25) is 5.91 Å². The smallest absolute Gasteiger partial charge is 0.475 e. The number of pyridine rings is 1. The first-order valence-corrected chi connectivity index (χ1v) is 9.78. The Kier molecular flexibility index (Phi) is 7.23. The Balaban J connectivity index is 0.000000360. The number of rotatable bonds is 3. The van der Waals surface area contributed by atoms with Crippen LogP contribution in [0.3, 0.4) is 0 Å². The molecule has 0 aliphatic carbocycles. The number of carboxylic acids is 1. The summed E-state index contributed by atoms with van der Waals surface area (Å²) in [5.74, 6) is -1.39. The fraction of sp³-hybridized carbons (Fsp3) is 0.450. The molecule has 0 aromatic carbocycles. The van der Waals surface area contributed by atoms with E-state index in [0.717, 1.165) is 30.3 Å². The number of carboxylic acid groups (broad SMARTS) is 1. The SMILES string of the molecule is Cc1ncccc1NC(=O)[C@H]1COC[C@H]2CN(c3ccncn3)C[C@H]21.O=C(O)C(F)(F)F. The first-order valence-electron chi connectivity index (χ1n) is 9.78. The Morgan fingerprint density at radius 1 is 1.19 bits per heavy atom. The molecular weight excluding hydrogens is 431 g/mol. The van der Waals surface area contributed by atoms with Crippen molar-refractivity contribution in [3.05, 3.63) is 42.6 Å². The van der Waals surface area contributed by atoms with Crippen molar-refractivity contribution in [3.8, 4) is 0 Å². The Bertz CT molecular complexity index is 944. The van der Waals surface area contributed by atoms with E-state index < -0.39 is 12.1 Å². The van der Waals surface area contributed by atoms with Crippen molar-refractivity contribution in [2.75, 3.05) is 36.5 Å². The van der Waals surface area contributed by atoms with E-state index in [-0.39, 0.29) is 17.7 Å². The molecule has 1 amide bonds. The number of nitrogens with zero attached hydrogens (tertiary/aromatic N) is 4. The number of aliphatic carboxylic acids is 1. The van der Waals surface area contributed by atoms with Crippen LogP contribution < -0.4 is 10.2 Å². The third-order valence-electron chi connectivity index (χ3n) is 5.37. The van der Waals surface area contributed by atoms with E-state index in [2.05, 4.69) is 25.2 Å². The number of alkyl halides is 3. The van der Waals surface area contributed by atoms with Crippen LogP contribution >= 0.6 is 0 Å². The number of carbonyl (C=O) groups excluding carboxylic acids is 1. The third-order valence-corrected chi connectivity index (χ3v) is 5.37. The van der Waals surface area contributed by atoms with E-state index in [1.807, 2.05) is 25.1 Å². The third kappa shape index (κ3) is 5.69. The molecule has 9 nitrogen and oxygen atoms in total. The molecule has 12 heteroatoms. The molecule has 172 valence electrons. The first kappa shape index (κ1) is 23.4. The zero-order valence-electron chi connectivity index (χ0n) is 17.1. The van der Waals surface area contributed by atoms with Gasteiger partial charge in [0.25, 0.3) is 0 Å². The average Bonchev–Trinajstić information content (AvgIpc) is 3.20. The molecule has 4 heterocycles. The summed E-state index contributed by atoms with van der Waals surface area (Å²) in [6.07, 6.45) is -0.0549. The number of hydrogen-bond acceptors (Lipinski definition) is 7. The Morgan fingerprint density at radius 3 is 2.56 bits per heavy atom. The lowest BCUT2D eigenvalue weighted by Gasteiger charge is -2.31. The van der Waals surface area contributed by atoms with Gasteiger partial charge in [0.15, 0.2) is 0 Å². The van der Waals surface area contributed by atoms with Crippen molar-refractivity contribution in [1.82, 2.24) is 15.0 Å². The molecule has 3 atom stereocenters. The van der Waals surface area contributed by atoms with Gasteiger partial charge in [-0.05, 0) is 31.0 Å². The summed E-state index contributed by atoms with van der Waals surface area (Å²) in [5, 5.41) is 10.1. The van der Waals surface area contributed by atoms with Crippen LogP contribution in [0.4, 0.5) is 24.7 Å². The lowest BCUT2D eigenvalue weighted by molar-refractivity contribution is -0.192. The maximum Gasteiger partial charge on any atom is 0.490 e. The second-order valence-corrected chi connectivity index (χ2v) is 7.47. The molecule has 0 saturated carbocycles. The number of aryl methyl sites for hydroxylation is 1. The summed E-state index contributed by atoms with van der Waals surface area (Å²) >= 11 is 0. The largest absolute Gasteiger partial charge is 0.490 e. The molecule has 0 bridgehead atoms. The van der Waals surface area contributed by atoms with Crippen LogP contribution in [0.5, 0.6) is 0 Å². The second-order valence-electron chi connectivity index (χ2n) is 7.47. The maximum absolute atomic E-state index is 12.8. The molecule has 2 aromatic rings. The Labute approximate surface area is 181 Å².